The summed E-state index contributed by atoms with van der Waals surface area (Å²) in [6.07, 6.45) is 3.51. The van der Waals surface area contributed by atoms with Crippen molar-refractivity contribution in [3.63, 3.8) is 0 Å². The zero-order chi connectivity index (χ0) is 17.9. The van der Waals surface area contributed by atoms with Gasteiger partial charge in [0.1, 0.15) is 11.7 Å². The Kier molecular flexibility index (Phi) is 4.67. The first-order valence-electron chi connectivity index (χ1n) is 8.78. The Hall–Kier alpha value is -2.73. The molecule has 26 heavy (non-hydrogen) atoms. The van der Waals surface area contributed by atoms with Crippen LogP contribution in [-0.2, 0) is 9.53 Å². The second-order valence-electron chi connectivity index (χ2n) is 6.52. The van der Waals surface area contributed by atoms with E-state index in [-0.39, 0.29) is 5.91 Å². The van der Waals surface area contributed by atoms with Gasteiger partial charge in [-0.25, -0.2) is 4.39 Å². The van der Waals surface area contributed by atoms with E-state index in [1.165, 1.54) is 12.3 Å². The quantitative estimate of drug-likeness (QED) is 0.821. The molecule has 0 radical (unpaired) electrons. The van der Waals surface area contributed by atoms with Crippen molar-refractivity contribution in [1.82, 2.24) is 0 Å². The third-order valence-corrected chi connectivity index (χ3v) is 4.74. The van der Waals surface area contributed by atoms with E-state index in [1.807, 2.05) is 24.3 Å². The fraction of sp³-hybridized carbons (Fsp3) is 0.300. The number of halogens is 1. The van der Waals surface area contributed by atoms with Crippen LogP contribution in [0.3, 0.4) is 0 Å². The Balaban J connectivity index is 1.45. The molecule has 1 saturated heterocycles. The molecule has 2 heterocycles. The predicted octanol–water partition coefficient (Wildman–Crippen LogP) is 3.85. The standard InChI is InChI=1S/C20H20FN3O2/c21-17-2-1-3-18-19(17)16(20(25)24-18)12-22-13-4-6-14(7-5-13)23-15-8-10-26-11-9-15/h1-7,12,15-16,23H,8-11H2,(H,24,25). The van der Waals surface area contributed by atoms with Crippen molar-refractivity contribution in [3.8, 4) is 0 Å². The van der Waals surface area contributed by atoms with E-state index in [1.54, 1.807) is 12.1 Å². The summed E-state index contributed by atoms with van der Waals surface area (Å²) in [4.78, 5) is 16.5. The van der Waals surface area contributed by atoms with Gasteiger partial charge in [-0.15, -0.1) is 0 Å². The van der Waals surface area contributed by atoms with E-state index in [4.69, 9.17) is 4.74 Å². The lowest BCUT2D eigenvalue weighted by atomic mass is 10.0. The average Bonchev–Trinajstić information content (AvgIpc) is 2.98. The molecule has 0 bridgehead atoms. The first-order chi connectivity index (χ1) is 12.7. The molecule has 5 nitrogen and oxygen atoms in total. The Bertz CT molecular complexity index is 829. The van der Waals surface area contributed by atoms with Crippen molar-refractivity contribution >= 4 is 29.2 Å². The van der Waals surface area contributed by atoms with Gasteiger partial charge in [0, 0.05) is 42.4 Å². The molecule has 2 aromatic carbocycles. The molecule has 1 unspecified atom stereocenters. The van der Waals surface area contributed by atoms with Gasteiger partial charge in [0.2, 0.25) is 5.91 Å². The monoisotopic (exact) mass is 353 g/mol. The Morgan fingerprint density at radius 3 is 2.69 bits per heavy atom. The van der Waals surface area contributed by atoms with Gasteiger partial charge >= 0.3 is 0 Å². The number of amides is 1. The highest BCUT2D eigenvalue weighted by Crippen LogP contribution is 2.33. The maximum absolute atomic E-state index is 14.0. The molecule has 6 heteroatoms. The van der Waals surface area contributed by atoms with Crippen LogP contribution < -0.4 is 10.6 Å². The van der Waals surface area contributed by atoms with Gasteiger partial charge in [-0.3, -0.25) is 9.79 Å². The number of hydrogen-bond acceptors (Lipinski definition) is 4. The van der Waals surface area contributed by atoms with Gasteiger partial charge in [0.25, 0.3) is 0 Å². The summed E-state index contributed by atoms with van der Waals surface area (Å²) in [5.41, 5.74) is 2.63. The topological polar surface area (TPSA) is 62.7 Å². The van der Waals surface area contributed by atoms with Crippen molar-refractivity contribution in [2.45, 2.75) is 24.8 Å². The fourth-order valence-corrected chi connectivity index (χ4v) is 3.33. The number of nitrogens with one attached hydrogen (secondary N) is 2. The Morgan fingerprint density at radius 2 is 1.92 bits per heavy atom. The molecule has 1 fully saturated rings. The first-order valence-corrected chi connectivity index (χ1v) is 8.78. The minimum absolute atomic E-state index is 0.258. The lowest BCUT2D eigenvalue weighted by molar-refractivity contribution is -0.115. The van der Waals surface area contributed by atoms with Crippen LogP contribution in [0.2, 0.25) is 0 Å². The summed E-state index contributed by atoms with van der Waals surface area (Å²) < 4.78 is 19.4. The largest absolute Gasteiger partial charge is 0.382 e. The summed E-state index contributed by atoms with van der Waals surface area (Å²) in [7, 11) is 0. The molecule has 2 N–H and O–H groups in total. The number of anilines is 2. The minimum atomic E-state index is -0.703. The zero-order valence-electron chi connectivity index (χ0n) is 14.2. The number of nitrogens with zero attached hydrogens (tertiary/aromatic N) is 1. The van der Waals surface area contributed by atoms with Gasteiger partial charge in [-0.05, 0) is 49.2 Å². The third-order valence-electron chi connectivity index (χ3n) is 4.74. The number of aliphatic imine (C=N–C) groups is 1. The number of hydrogen-bond donors (Lipinski definition) is 2. The van der Waals surface area contributed by atoms with Crippen molar-refractivity contribution < 1.29 is 13.9 Å². The minimum Gasteiger partial charge on any atom is -0.382 e. The number of benzene rings is 2. The summed E-state index contributed by atoms with van der Waals surface area (Å²) in [5, 5.41) is 6.18. The highest BCUT2D eigenvalue weighted by molar-refractivity contribution is 6.12. The fourth-order valence-electron chi connectivity index (χ4n) is 3.33. The van der Waals surface area contributed by atoms with E-state index in [0.29, 0.717) is 17.3 Å². The summed E-state index contributed by atoms with van der Waals surface area (Å²) in [6, 6.07) is 12.8. The maximum Gasteiger partial charge on any atom is 0.237 e. The molecule has 2 aliphatic rings. The van der Waals surface area contributed by atoms with Gasteiger partial charge < -0.3 is 15.4 Å². The molecule has 4 rings (SSSR count). The highest BCUT2D eigenvalue weighted by atomic mass is 19.1. The number of rotatable bonds is 4. The summed E-state index contributed by atoms with van der Waals surface area (Å²) in [6.45, 7) is 1.59. The van der Waals surface area contributed by atoms with Crippen molar-refractivity contribution in [2.24, 2.45) is 4.99 Å². The van der Waals surface area contributed by atoms with E-state index in [0.717, 1.165) is 37.4 Å². The molecule has 1 atom stereocenters. The maximum atomic E-state index is 14.0. The van der Waals surface area contributed by atoms with Crippen LogP contribution in [0, 0.1) is 5.82 Å². The SMILES string of the molecule is O=C1Nc2cccc(F)c2C1C=Nc1ccc(NC2CCOCC2)cc1. The van der Waals surface area contributed by atoms with Gasteiger partial charge in [-0.2, -0.15) is 0 Å². The molecule has 134 valence electrons. The van der Waals surface area contributed by atoms with Crippen LogP contribution in [0.25, 0.3) is 0 Å². The zero-order valence-corrected chi connectivity index (χ0v) is 14.2. The van der Waals surface area contributed by atoms with Gasteiger partial charge in [0.05, 0.1) is 5.69 Å². The lowest BCUT2D eigenvalue weighted by Crippen LogP contribution is -2.27. The van der Waals surface area contributed by atoms with Gasteiger partial charge in [0.15, 0.2) is 0 Å². The number of carbonyl (C=O) groups is 1. The van der Waals surface area contributed by atoms with Crippen molar-refractivity contribution in [3.05, 3.63) is 53.8 Å². The van der Waals surface area contributed by atoms with Crippen molar-refractivity contribution in [1.29, 1.82) is 0 Å². The van der Waals surface area contributed by atoms with Crippen LogP contribution in [0.5, 0.6) is 0 Å². The second kappa shape index (κ2) is 7.25. The molecule has 2 aliphatic heterocycles. The number of carbonyl (C=O) groups excluding carboxylic acids is 1. The normalized spacial score (nSPS) is 20.2. The van der Waals surface area contributed by atoms with E-state index >= 15 is 0 Å². The molecule has 0 saturated carbocycles. The molecular weight excluding hydrogens is 333 g/mol. The molecule has 1 amide bonds. The van der Waals surface area contributed by atoms with Gasteiger partial charge in [-0.1, -0.05) is 6.07 Å². The number of ether oxygens (including phenoxy) is 1. The summed E-state index contributed by atoms with van der Waals surface area (Å²) >= 11 is 0. The second-order valence-corrected chi connectivity index (χ2v) is 6.52. The highest BCUT2D eigenvalue weighted by Gasteiger charge is 2.31. The van der Waals surface area contributed by atoms with E-state index in [9.17, 15) is 9.18 Å². The van der Waals surface area contributed by atoms with Crippen LogP contribution in [0.1, 0.15) is 24.3 Å². The van der Waals surface area contributed by atoms with Crippen LogP contribution in [0.15, 0.2) is 47.5 Å². The van der Waals surface area contributed by atoms with Crippen LogP contribution in [0.4, 0.5) is 21.5 Å². The Labute approximate surface area is 151 Å². The molecule has 0 aromatic heterocycles. The molecule has 0 spiro atoms. The molecule has 2 aromatic rings. The average molecular weight is 353 g/mol. The number of fused-ring (bicyclic) bond motifs is 1. The van der Waals surface area contributed by atoms with Crippen molar-refractivity contribution in [2.75, 3.05) is 23.8 Å². The Morgan fingerprint density at radius 1 is 1.15 bits per heavy atom. The smallest absolute Gasteiger partial charge is 0.237 e. The van der Waals surface area contributed by atoms with Crippen LogP contribution >= 0.6 is 0 Å². The van der Waals surface area contributed by atoms with E-state index in [2.05, 4.69) is 15.6 Å². The van der Waals surface area contributed by atoms with Crippen LogP contribution in [-0.4, -0.2) is 31.4 Å². The van der Waals surface area contributed by atoms with E-state index < -0.39 is 11.7 Å². The molecule has 0 aliphatic carbocycles. The first kappa shape index (κ1) is 16.7. The lowest BCUT2D eigenvalue weighted by Gasteiger charge is -2.24. The predicted molar refractivity (Wildman–Crippen MR) is 99.8 cm³/mol. The molecular formula is C20H20FN3O2. The summed E-state index contributed by atoms with van der Waals surface area (Å²) in [5.74, 6) is -1.36. The third kappa shape index (κ3) is 3.46.